The molecule has 1 aliphatic rings. The summed E-state index contributed by atoms with van der Waals surface area (Å²) in [5, 5.41) is 34.1. The number of thiazole rings is 1. The second-order valence-electron chi connectivity index (χ2n) is 9.36. The third-order valence-corrected chi connectivity index (χ3v) is 7.64. The van der Waals surface area contributed by atoms with Crippen LogP contribution in [0, 0.1) is 12.7 Å². The summed E-state index contributed by atoms with van der Waals surface area (Å²) < 4.78 is 63.4. The van der Waals surface area contributed by atoms with Gasteiger partial charge in [0.2, 0.25) is 0 Å². The van der Waals surface area contributed by atoms with E-state index in [0.717, 1.165) is 27.4 Å². The highest BCUT2D eigenvalue weighted by molar-refractivity contribution is 7.18. The fourth-order valence-electron chi connectivity index (χ4n) is 4.84. The molecule has 0 radical (unpaired) electrons. The van der Waals surface area contributed by atoms with Gasteiger partial charge in [0.25, 0.3) is 0 Å². The molecule has 208 valence electrons. The summed E-state index contributed by atoms with van der Waals surface area (Å²) in [5.74, 6) is -0.659. The molecule has 0 amide bonds. The lowest BCUT2D eigenvalue weighted by molar-refractivity contribution is -0.161. The number of halogens is 4. The molecule has 1 fully saturated rings. The molecule has 0 spiro atoms. The predicted molar refractivity (Wildman–Crippen MR) is 134 cm³/mol. The normalized spacial score (nSPS) is 21.8. The van der Waals surface area contributed by atoms with Gasteiger partial charge < -0.3 is 14.9 Å². The van der Waals surface area contributed by atoms with E-state index in [1.165, 1.54) is 28.5 Å². The molecule has 6 rings (SSSR count). The van der Waals surface area contributed by atoms with Gasteiger partial charge in [0, 0.05) is 12.0 Å². The molecule has 2 N–H and O–H groups in total. The maximum absolute atomic E-state index is 14.0. The summed E-state index contributed by atoms with van der Waals surface area (Å²) in [6.07, 6.45) is -4.94. The summed E-state index contributed by atoms with van der Waals surface area (Å²) in [6, 6.07) is 6.94. The van der Waals surface area contributed by atoms with Gasteiger partial charge in [-0.2, -0.15) is 18.3 Å². The first-order chi connectivity index (χ1) is 19.1. The lowest BCUT2D eigenvalue weighted by Gasteiger charge is -2.38. The van der Waals surface area contributed by atoms with Gasteiger partial charge in [0.1, 0.15) is 36.2 Å². The molecule has 4 heterocycles. The van der Waals surface area contributed by atoms with Crippen LogP contribution in [-0.4, -0.2) is 63.8 Å². The van der Waals surface area contributed by atoms with Crippen molar-refractivity contribution in [1.29, 1.82) is 0 Å². The second kappa shape index (κ2) is 9.99. The smallest absolute Gasteiger partial charge is 0.394 e. The van der Waals surface area contributed by atoms with Crippen molar-refractivity contribution >= 4 is 21.6 Å². The molecule has 10 nitrogen and oxygen atoms in total. The molecule has 0 bridgehead atoms. The van der Waals surface area contributed by atoms with Crippen LogP contribution < -0.4 is 0 Å². The van der Waals surface area contributed by atoms with Gasteiger partial charge >= 0.3 is 6.18 Å². The van der Waals surface area contributed by atoms with E-state index < -0.39 is 48.5 Å². The molecule has 1 saturated heterocycles. The SMILES string of the molecule is Cc1nc2ccc(-n3ncnc3C3CC(n4cc(-c5cc(F)cc(C(F)(F)F)c5)nn4)C(O)C(CO)O3)cc2s1. The number of fused-ring (bicyclic) bond motifs is 1. The number of hydrogen-bond donors (Lipinski definition) is 2. The van der Waals surface area contributed by atoms with Gasteiger partial charge in [0.15, 0.2) is 5.82 Å². The van der Waals surface area contributed by atoms with Gasteiger partial charge in [-0.25, -0.2) is 23.7 Å². The van der Waals surface area contributed by atoms with E-state index in [-0.39, 0.29) is 17.7 Å². The first kappa shape index (κ1) is 26.4. The number of alkyl halides is 3. The Kier molecular flexibility index (Phi) is 6.60. The van der Waals surface area contributed by atoms with Crippen molar-refractivity contribution in [1.82, 2.24) is 34.7 Å². The number of aryl methyl sites for hydroxylation is 1. The first-order valence-corrected chi connectivity index (χ1v) is 12.9. The average Bonchev–Trinajstić information content (AvgIpc) is 3.66. The number of aliphatic hydroxyl groups excluding tert-OH is 2. The van der Waals surface area contributed by atoms with Crippen LogP contribution in [0.2, 0.25) is 0 Å². The average molecular weight is 576 g/mol. The molecule has 5 aromatic rings. The monoisotopic (exact) mass is 575 g/mol. The number of hydrogen-bond acceptors (Lipinski definition) is 9. The van der Waals surface area contributed by atoms with Crippen LogP contribution in [0.15, 0.2) is 48.9 Å². The van der Waals surface area contributed by atoms with Crippen LogP contribution in [0.25, 0.3) is 27.2 Å². The third kappa shape index (κ3) is 4.85. The number of rotatable bonds is 5. The third-order valence-electron chi connectivity index (χ3n) is 6.71. The standard InChI is InChI=1S/C25H21F4N7O3S/c1-12-32-17-3-2-16(7-22(17)40-12)36-24(30-11-31-36)20-8-19(23(38)21(10-37)39-20)35-9-18(33-34-35)13-4-14(25(27,28)29)6-15(26)5-13/h2-7,9,11,19-21,23,37-38H,8,10H2,1H3. The highest BCUT2D eigenvalue weighted by atomic mass is 32.1. The summed E-state index contributed by atoms with van der Waals surface area (Å²) >= 11 is 1.54. The van der Waals surface area contributed by atoms with Crippen molar-refractivity contribution in [2.24, 2.45) is 0 Å². The maximum atomic E-state index is 14.0. The van der Waals surface area contributed by atoms with Crippen molar-refractivity contribution in [3.8, 4) is 16.9 Å². The van der Waals surface area contributed by atoms with Crippen LogP contribution in [0.4, 0.5) is 17.6 Å². The summed E-state index contributed by atoms with van der Waals surface area (Å²) in [7, 11) is 0. The van der Waals surface area contributed by atoms with Gasteiger partial charge in [-0.3, -0.25) is 0 Å². The largest absolute Gasteiger partial charge is 0.416 e. The van der Waals surface area contributed by atoms with E-state index in [2.05, 4.69) is 25.4 Å². The number of aromatic nitrogens is 7. The minimum atomic E-state index is -4.75. The Morgan fingerprint density at radius 2 is 2.00 bits per heavy atom. The van der Waals surface area contributed by atoms with E-state index in [4.69, 9.17) is 4.74 Å². The Balaban J connectivity index is 1.32. The highest BCUT2D eigenvalue weighted by Crippen LogP contribution is 2.39. The summed E-state index contributed by atoms with van der Waals surface area (Å²) in [6.45, 7) is 1.40. The molecule has 0 aliphatic carbocycles. The summed E-state index contributed by atoms with van der Waals surface area (Å²) in [4.78, 5) is 8.84. The van der Waals surface area contributed by atoms with Crippen LogP contribution >= 0.6 is 11.3 Å². The first-order valence-electron chi connectivity index (χ1n) is 12.1. The van der Waals surface area contributed by atoms with E-state index in [9.17, 15) is 27.8 Å². The second-order valence-corrected chi connectivity index (χ2v) is 10.6. The maximum Gasteiger partial charge on any atom is 0.416 e. The van der Waals surface area contributed by atoms with Crippen LogP contribution in [-0.2, 0) is 10.9 Å². The van der Waals surface area contributed by atoms with E-state index >= 15 is 0 Å². The Labute approximate surface area is 227 Å². The fraction of sp³-hybridized carbons (Fsp3) is 0.320. The molecule has 4 unspecified atom stereocenters. The quantitative estimate of drug-likeness (QED) is 0.301. The zero-order valence-corrected chi connectivity index (χ0v) is 21.5. The molecule has 0 saturated carbocycles. The summed E-state index contributed by atoms with van der Waals surface area (Å²) in [5.41, 5.74) is 0.272. The lowest BCUT2D eigenvalue weighted by Crippen LogP contribution is -2.45. The van der Waals surface area contributed by atoms with Gasteiger partial charge in [-0.1, -0.05) is 5.21 Å². The Hall–Kier alpha value is -3.79. The molecule has 4 atom stereocenters. The Morgan fingerprint density at radius 3 is 2.77 bits per heavy atom. The van der Waals surface area contributed by atoms with Crippen LogP contribution in [0.3, 0.4) is 0 Å². The van der Waals surface area contributed by atoms with Crippen molar-refractivity contribution in [3.05, 3.63) is 71.1 Å². The topological polar surface area (TPSA) is 124 Å². The van der Waals surface area contributed by atoms with Gasteiger partial charge in [0.05, 0.1) is 45.3 Å². The van der Waals surface area contributed by atoms with Crippen molar-refractivity contribution in [2.45, 2.75) is 43.9 Å². The van der Waals surface area contributed by atoms with Crippen molar-refractivity contribution < 1.29 is 32.5 Å². The van der Waals surface area contributed by atoms with Crippen LogP contribution in [0.5, 0.6) is 0 Å². The molecule has 1 aliphatic heterocycles. The number of ether oxygens (including phenoxy) is 1. The lowest BCUT2D eigenvalue weighted by atomic mass is 9.95. The number of nitrogens with zero attached hydrogens (tertiary/aromatic N) is 7. The molecule has 3 aromatic heterocycles. The zero-order valence-electron chi connectivity index (χ0n) is 20.7. The minimum Gasteiger partial charge on any atom is -0.394 e. The predicted octanol–water partition coefficient (Wildman–Crippen LogP) is 4.03. The zero-order chi connectivity index (χ0) is 28.2. The fourth-order valence-corrected chi connectivity index (χ4v) is 5.70. The highest BCUT2D eigenvalue weighted by Gasteiger charge is 2.41. The van der Waals surface area contributed by atoms with Crippen molar-refractivity contribution in [3.63, 3.8) is 0 Å². The molecule has 40 heavy (non-hydrogen) atoms. The van der Waals surface area contributed by atoms with Gasteiger partial charge in [-0.05, 0) is 43.3 Å². The minimum absolute atomic E-state index is 0.0166. The molecular weight excluding hydrogens is 554 g/mol. The molecule has 2 aromatic carbocycles. The van der Waals surface area contributed by atoms with Gasteiger partial charge in [-0.15, -0.1) is 16.4 Å². The van der Waals surface area contributed by atoms with Crippen molar-refractivity contribution in [2.75, 3.05) is 6.61 Å². The molecular formula is C25H21F4N7O3S. The van der Waals surface area contributed by atoms with E-state index in [1.807, 2.05) is 25.1 Å². The van der Waals surface area contributed by atoms with E-state index in [0.29, 0.717) is 17.6 Å². The van der Waals surface area contributed by atoms with E-state index in [1.54, 1.807) is 4.68 Å². The Morgan fingerprint density at radius 1 is 1.18 bits per heavy atom. The number of aliphatic hydroxyl groups is 2. The Bertz CT molecular complexity index is 1680. The van der Waals surface area contributed by atoms with Crippen LogP contribution in [0.1, 0.15) is 35.0 Å². The number of benzene rings is 2. The molecule has 15 heteroatoms.